The van der Waals surface area contributed by atoms with Crippen LogP contribution in [0.4, 0.5) is 5.69 Å². The summed E-state index contributed by atoms with van der Waals surface area (Å²) in [6.07, 6.45) is 5.48. The Balaban J connectivity index is 1.75. The zero-order valence-electron chi connectivity index (χ0n) is 17.4. The van der Waals surface area contributed by atoms with Crippen LogP contribution in [0.3, 0.4) is 0 Å². The maximum atomic E-state index is 13.4. The molecule has 0 radical (unpaired) electrons. The van der Waals surface area contributed by atoms with Crippen molar-refractivity contribution in [1.29, 1.82) is 0 Å². The van der Waals surface area contributed by atoms with Gasteiger partial charge in [-0.2, -0.15) is 0 Å². The van der Waals surface area contributed by atoms with Crippen molar-refractivity contribution < 1.29 is 14.6 Å². The van der Waals surface area contributed by atoms with Gasteiger partial charge in [-0.05, 0) is 35.4 Å². The van der Waals surface area contributed by atoms with Crippen LogP contribution in [0.5, 0.6) is 5.75 Å². The van der Waals surface area contributed by atoms with Gasteiger partial charge in [0, 0.05) is 11.6 Å². The number of rotatable bonds is 7. The number of hydrogen-bond donors (Lipinski definition) is 1. The van der Waals surface area contributed by atoms with E-state index in [1.165, 1.54) is 0 Å². The molecule has 0 saturated carbocycles. The molecule has 4 heteroatoms. The molecule has 3 aromatic carbocycles. The Morgan fingerprint density at radius 2 is 1.61 bits per heavy atom. The lowest BCUT2D eigenvalue weighted by Gasteiger charge is -2.54. The minimum atomic E-state index is -1.63. The van der Waals surface area contributed by atoms with Crippen LogP contribution in [-0.4, -0.2) is 29.8 Å². The Bertz CT molecular complexity index is 1080. The monoisotopic (exact) mass is 411 g/mol. The van der Waals surface area contributed by atoms with Crippen molar-refractivity contribution >= 4 is 17.7 Å². The van der Waals surface area contributed by atoms with Crippen LogP contribution in [0, 0.1) is 0 Å². The molecule has 0 unspecified atom stereocenters. The summed E-state index contributed by atoms with van der Waals surface area (Å²) in [4.78, 5) is 15.0. The third kappa shape index (κ3) is 3.66. The molecule has 0 aliphatic carbocycles. The largest absolute Gasteiger partial charge is 0.497 e. The Labute approximate surface area is 182 Å². The first-order valence-corrected chi connectivity index (χ1v) is 10.2. The van der Waals surface area contributed by atoms with Gasteiger partial charge in [-0.15, -0.1) is 6.58 Å². The molecule has 1 fully saturated rings. The molecule has 4 nitrogen and oxygen atoms in total. The molecule has 1 N–H and O–H groups in total. The minimum Gasteiger partial charge on any atom is -0.497 e. The molecule has 156 valence electrons. The second kappa shape index (κ2) is 8.62. The summed E-state index contributed by atoms with van der Waals surface area (Å²) in [7, 11) is 1.60. The van der Waals surface area contributed by atoms with Gasteiger partial charge in [-0.1, -0.05) is 78.9 Å². The number of aliphatic hydroxyl groups is 1. The van der Waals surface area contributed by atoms with E-state index < -0.39 is 17.6 Å². The first-order chi connectivity index (χ1) is 15.1. The lowest BCUT2D eigenvalue weighted by atomic mass is 9.69. The van der Waals surface area contributed by atoms with E-state index in [1.807, 2.05) is 84.9 Å². The van der Waals surface area contributed by atoms with E-state index in [4.69, 9.17) is 4.74 Å². The molecule has 1 aliphatic rings. The Morgan fingerprint density at radius 3 is 2.19 bits per heavy atom. The van der Waals surface area contributed by atoms with Gasteiger partial charge < -0.3 is 9.84 Å². The average Bonchev–Trinajstić information content (AvgIpc) is 2.83. The fourth-order valence-electron chi connectivity index (χ4n) is 4.14. The number of β-lactam (4-membered cyclic amide) rings is 1. The van der Waals surface area contributed by atoms with Gasteiger partial charge in [0.1, 0.15) is 5.75 Å². The summed E-state index contributed by atoms with van der Waals surface area (Å²) in [5, 5.41) is 11.7. The van der Waals surface area contributed by atoms with Crippen LogP contribution in [0.25, 0.3) is 6.08 Å². The van der Waals surface area contributed by atoms with Crippen molar-refractivity contribution in [1.82, 2.24) is 0 Å². The van der Waals surface area contributed by atoms with Crippen molar-refractivity contribution in [2.75, 3.05) is 12.0 Å². The molecule has 0 aromatic heterocycles. The van der Waals surface area contributed by atoms with E-state index in [1.54, 1.807) is 30.2 Å². The van der Waals surface area contributed by atoms with Gasteiger partial charge in [0.25, 0.3) is 5.91 Å². The predicted octanol–water partition coefficient (Wildman–Crippen LogP) is 4.82. The molecule has 1 heterocycles. The molecule has 4 rings (SSSR count). The predicted molar refractivity (Wildman–Crippen MR) is 124 cm³/mol. The summed E-state index contributed by atoms with van der Waals surface area (Å²) in [6, 6.07) is 26.0. The maximum Gasteiger partial charge on any atom is 0.263 e. The molecule has 1 amide bonds. The lowest BCUT2D eigenvalue weighted by Crippen LogP contribution is -2.75. The molecule has 0 bridgehead atoms. The molecule has 1 aliphatic heterocycles. The van der Waals surface area contributed by atoms with Gasteiger partial charge in [0.05, 0.1) is 13.2 Å². The van der Waals surface area contributed by atoms with Gasteiger partial charge in [0.2, 0.25) is 0 Å². The number of hydrogen-bond acceptors (Lipinski definition) is 3. The number of carbonyl (C=O) groups excluding carboxylic acids is 1. The van der Waals surface area contributed by atoms with Crippen LogP contribution >= 0.6 is 0 Å². The smallest absolute Gasteiger partial charge is 0.263 e. The third-order valence-electron chi connectivity index (χ3n) is 5.78. The molecular formula is C27H25NO3. The highest BCUT2D eigenvalue weighted by molar-refractivity contribution is 6.10. The quantitative estimate of drug-likeness (QED) is 0.448. The van der Waals surface area contributed by atoms with Gasteiger partial charge in [-0.25, -0.2) is 0 Å². The zero-order chi connectivity index (χ0) is 21.8. The zero-order valence-corrected chi connectivity index (χ0v) is 17.4. The summed E-state index contributed by atoms with van der Waals surface area (Å²) < 4.78 is 5.23. The highest BCUT2D eigenvalue weighted by Crippen LogP contribution is 2.46. The normalized spacial score (nSPS) is 21.5. The van der Waals surface area contributed by atoms with Crippen molar-refractivity contribution in [3.63, 3.8) is 0 Å². The minimum absolute atomic E-state index is 0.353. The summed E-state index contributed by atoms with van der Waals surface area (Å²) in [5.74, 6) is -0.188. The Morgan fingerprint density at radius 1 is 1.00 bits per heavy atom. The standard InChI is InChI=1S/C27H25NO3/c1-3-24(21-12-8-5-9-13-21)27(30)25(19-14-20-10-6-4-7-11-20)28(26(27)29)22-15-17-23(31-2)18-16-22/h3-19,24-25,30H,1H2,2H3/b19-14+/t24-,25+,27-/m1/s1. The van der Waals surface area contributed by atoms with Gasteiger partial charge >= 0.3 is 0 Å². The van der Waals surface area contributed by atoms with E-state index >= 15 is 0 Å². The average molecular weight is 412 g/mol. The number of ether oxygens (including phenoxy) is 1. The summed E-state index contributed by atoms with van der Waals surface area (Å²) >= 11 is 0. The van der Waals surface area contributed by atoms with E-state index in [0.717, 1.165) is 11.1 Å². The summed E-state index contributed by atoms with van der Waals surface area (Å²) in [6.45, 7) is 3.92. The SMILES string of the molecule is C=C[C@H](c1ccccc1)[C@]1(O)C(=O)N(c2ccc(OC)cc2)[C@H]1/C=C/c1ccccc1. The van der Waals surface area contributed by atoms with E-state index in [2.05, 4.69) is 6.58 Å². The third-order valence-corrected chi connectivity index (χ3v) is 5.78. The number of methoxy groups -OCH3 is 1. The van der Waals surface area contributed by atoms with Crippen molar-refractivity contribution in [2.45, 2.75) is 17.6 Å². The van der Waals surface area contributed by atoms with E-state index in [0.29, 0.717) is 11.4 Å². The van der Waals surface area contributed by atoms with Crippen molar-refractivity contribution in [2.24, 2.45) is 0 Å². The molecule has 1 saturated heterocycles. The van der Waals surface area contributed by atoms with Crippen LogP contribution < -0.4 is 9.64 Å². The van der Waals surface area contributed by atoms with E-state index in [9.17, 15) is 9.90 Å². The molecular weight excluding hydrogens is 386 g/mol. The Kier molecular flexibility index (Phi) is 5.74. The first kappa shape index (κ1) is 20.6. The highest BCUT2D eigenvalue weighted by atomic mass is 16.5. The van der Waals surface area contributed by atoms with Crippen LogP contribution in [0.1, 0.15) is 17.0 Å². The van der Waals surface area contributed by atoms with Crippen LogP contribution in [-0.2, 0) is 4.79 Å². The number of amides is 1. The number of anilines is 1. The molecule has 3 aromatic rings. The second-order valence-electron chi connectivity index (χ2n) is 7.54. The van der Waals surface area contributed by atoms with Gasteiger partial charge in [0.15, 0.2) is 5.60 Å². The second-order valence-corrected chi connectivity index (χ2v) is 7.54. The topological polar surface area (TPSA) is 49.8 Å². The summed E-state index contributed by atoms with van der Waals surface area (Å²) in [5.41, 5.74) is 0.914. The number of benzene rings is 3. The van der Waals surface area contributed by atoms with Crippen molar-refractivity contribution in [3.8, 4) is 5.75 Å². The highest BCUT2D eigenvalue weighted by Gasteiger charge is 2.63. The van der Waals surface area contributed by atoms with E-state index in [-0.39, 0.29) is 5.91 Å². The Hall–Kier alpha value is -3.63. The maximum absolute atomic E-state index is 13.4. The fraction of sp³-hybridized carbons (Fsp3) is 0.148. The van der Waals surface area contributed by atoms with Crippen molar-refractivity contribution in [3.05, 3.63) is 115 Å². The van der Waals surface area contributed by atoms with Crippen LogP contribution in [0.2, 0.25) is 0 Å². The lowest BCUT2D eigenvalue weighted by molar-refractivity contribution is -0.152. The van der Waals surface area contributed by atoms with Gasteiger partial charge in [-0.3, -0.25) is 9.69 Å². The molecule has 0 spiro atoms. The fourth-order valence-corrected chi connectivity index (χ4v) is 4.14. The molecule has 3 atom stereocenters. The van der Waals surface area contributed by atoms with Crippen LogP contribution in [0.15, 0.2) is 104 Å². The number of nitrogens with zero attached hydrogens (tertiary/aromatic N) is 1. The first-order valence-electron chi connectivity index (χ1n) is 10.2. The number of carbonyl (C=O) groups is 1. The molecule has 31 heavy (non-hydrogen) atoms.